The zero-order valence-corrected chi connectivity index (χ0v) is 12.9. The number of nitrogens with one attached hydrogen (secondary N) is 1. The van der Waals surface area contributed by atoms with E-state index >= 15 is 0 Å². The molecule has 2 aromatic heterocycles. The first-order valence-corrected chi connectivity index (χ1v) is 7.76. The molecule has 2 heterocycles. The maximum atomic E-state index is 6.31. The van der Waals surface area contributed by atoms with Crippen molar-refractivity contribution in [1.82, 2.24) is 5.32 Å². The number of aryl methyl sites for hydroxylation is 1. The zero-order chi connectivity index (χ0) is 11.7. The molecule has 1 unspecified atom stereocenters. The van der Waals surface area contributed by atoms with Gasteiger partial charge in [-0.05, 0) is 51.8 Å². The lowest BCUT2D eigenvalue weighted by atomic mass is 10.1. The van der Waals surface area contributed by atoms with Crippen molar-refractivity contribution in [2.45, 2.75) is 13.0 Å². The summed E-state index contributed by atoms with van der Waals surface area (Å²) in [7, 11) is 1.96. The summed E-state index contributed by atoms with van der Waals surface area (Å²) in [5.41, 5.74) is 2.39. The van der Waals surface area contributed by atoms with Crippen molar-refractivity contribution >= 4 is 50.2 Å². The van der Waals surface area contributed by atoms with Gasteiger partial charge in [0.15, 0.2) is 0 Å². The number of thiophene rings is 2. The molecule has 0 saturated carbocycles. The van der Waals surface area contributed by atoms with Crippen molar-refractivity contribution in [2.24, 2.45) is 0 Å². The van der Waals surface area contributed by atoms with E-state index in [4.69, 9.17) is 11.6 Å². The standard InChI is InChI=1S/C11H11BrClNS2/c1-6-3-16-11(9(6)13)10(14-2)7-4-15-5-8(7)12/h3-5,10,14H,1-2H3. The van der Waals surface area contributed by atoms with Crippen LogP contribution in [0.2, 0.25) is 5.02 Å². The van der Waals surface area contributed by atoms with Crippen LogP contribution in [-0.4, -0.2) is 7.05 Å². The van der Waals surface area contributed by atoms with Gasteiger partial charge in [0.1, 0.15) is 0 Å². The van der Waals surface area contributed by atoms with E-state index in [-0.39, 0.29) is 6.04 Å². The molecule has 2 rings (SSSR count). The van der Waals surface area contributed by atoms with Gasteiger partial charge in [-0.15, -0.1) is 11.3 Å². The van der Waals surface area contributed by atoms with E-state index in [1.807, 2.05) is 14.0 Å². The highest BCUT2D eigenvalue weighted by atomic mass is 79.9. The van der Waals surface area contributed by atoms with E-state index < -0.39 is 0 Å². The van der Waals surface area contributed by atoms with Gasteiger partial charge in [0.05, 0.1) is 11.1 Å². The van der Waals surface area contributed by atoms with Gasteiger partial charge in [0.2, 0.25) is 0 Å². The molecule has 0 aliphatic rings. The van der Waals surface area contributed by atoms with Crippen molar-refractivity contribution in [3.05, 3.63) is 41.6 Å². The van der Waals surface area contributed by atoms with Crippen molar-refractivity contribution in [1.29, 1.82) is 0 Å². The van der Waals surface area contributed by atoms with E-state index in [0.717, 1.165) is 15.1 Å². The van der Waals surface area contributed by atoms with Crippen LogP contribution in [0, 0.1) is 6.92 Å². The van der Waals surface area contributed by atoms with Gasteiger partial charge in [0.25, 0.3) is 0 Å². The van der Waals surface area contributed by atoms with E-state index in [2.05, 4.69) is 37.4 Å². The van der Waals surface area contributed by atoms with E-state index in [1.165, 1.54) is 10.4 Å². The summed E-state index contributed by atoms with van der Waals surface area (Å²) in [6.07, 6.45) is 0. The Morgan fingerprint density at radius 2 is 2.12 bits per heavy atom. The lowest BCUT2D eigenvalue weighted by molar-refractivity contribution is 0.703. The molecular weight excluding hydrogens is 326 g/mol. The van der Waals surface area contributed by atoms with Gasteiger partial charge >= 0.3 is 0 Å². The first-order valence-electron chi connectivity index (χ1n) is 4.77. The van der Waals surface area contributed by atoms with Crippen molar-refractivity contribution in [3.63, 3.8) is 0 Å². The first kappa shape index (κ1) is 12.6. The minimum absolute atomic E-state index is 0.173. The van der Waals surface area contributed by atoms with Gasteiger partial charge in [-0.2, -0.15) is 11.3 Å². The van der Waals surface area contributed by atoms with Crippen LogP contribution in [0.25, 0.3) is 0 Å². The molecule has 0 radical (unpaired) electrons. The number of halogens is 2. The average Bonchev–Trinajstić information content (AvgIpc) is 2.81. The number of hydrogen-bond donors (Lipinski definition) is 1. The van der Waals surface area contributed by atoms with Crippen molar-refractivity contribution in [3.8, 4) is 0 Å². The Hall–Kier alpha value is 0.130. The molecule has 0 fully saturated rings. The van der Waals surface area contributed by atoms with E-state index in [9.17, 15) is 0 Å². The fourth-order valence-electron chi connectivity index (χ4n) is 1.57. The molecule has 5 heteroatoms. The van der Waals surface area contributed by atoms with Gasteiger partial charge in [-0.3, -0.25) is 0 Å². The van der Waals surface area contributed by atoms with Crippen molar-refractivity contribution < 1.29 is 0 Å². The topological polar surface area (TPSA) is 12.0 Å². The van der Waals surface area contributed by atoms with Gasteiger partial charge < -0.3 is 5.32 Å². The fraction of sp³-hybridized carbons (Fsp3) is 0.273. The molecule has 1 atom stereocenters. The Kier molecular flexibility index (Phi) is 4.08. The summed E-state index contributed by atoms with van der Waals surface area (Å²) in [6, 6.07) is 0.173. The SMILES string of the molecule is CNC(c1cscc1Br)c1scc(C)c1Cl. The molecule has 0 saturated heterocycles. The predicted octanol–water partition coefficient (Wildman–Crippen LogP) is 4.84. The lowest BCUT2D eigenvalue weighted by Gasteiger charge is -2.15. The van der Waals surface area contributed by atoms with Crippen LogP contribution >= 0.6 is 50.2 Å². The fourth-order valence-corrected chi connectivity index (χ4v) is 4.55. The average molecular weight is 337 g/mol. The highest BCUT2D eigenvalue weighted by molar-refractivity contribution is 9.10. The van der Waals surface area contributed by atoms with E-state index in [0.29, 0.717) is 0 Å². The van der Waals surface area contributed by atoms with Crippen LogP contribution in [-0.2, 0) is 0 Å². The summed E-state index contributed by atoms with van der Waals surface area (Å²) in [4.78, 5) is 1.18. The third-order valence-electron chi connectivity index (χ3n) is 2.43. The molecule has 1 nitrogen and oxygen atoms in total. The van der Waals surface area contributed by atoms with Crippen LogP contribution in [0.1, 0.15) is 22.0 Å². The molecule has 0 spiro atoms. The second-order valence-electron chi connectivity index (χ2n) is 3.49. The minimum atomic E-state index is 0.173. The Morgan fingerprint density at radius 3 is 2.56 bits per heavy atom. The Morgan fingerprint density at radius 1 is 1.38 bits per heavy atom. The Labute approximate surface area is 117 Å². The Balaban J connectivity index is 2.45. The zero-order valence-electron chi connectivity index (χ0n) is 8.88. The molecule has 2 aromatic rings. The van der Waals surface area contributed by atoms with Crippen LogP contribution in [0.5, 0.6) is 0 Å². The summed E-state index contributed by atoms with van der Waals surface area (Å²) >= 11 is 13.3. The maximum absolute atomic E-state index is 6.31. The summed E-state index contributed by atoms with van der Waals surface area (Å²) in [5.74, 6) is 0. The normalized spacial score (nSPS) is 13.0. The van der Waals surface area contributed by atoms with Crippen LogP contribution in [0.4, 0.5) is 0 Å². The number of rotatable bonds is 3. The minimum Gasteiger partial charge on any atom is -0.309 e. The predicted molar refractivity (Wildman–Crippen MR) is 77.0 cm³/mol. The summed E-state index contributed by atoms with van der Waals surface area (Å²) in [5, 5.41) is 10.5. The highest BCUT2D eigenvalue weighted by Crippen LogP contribution is 2.38. The second-order valence-corrected chi connectivity index (χ2v) is 6.38. The monoisotopic (exact) mass is 335 g/mol. The van der Waals surface area contributed by atoms with Crippen molar-refractivity contribution in [2.75, 3.05) is 7.05 Å². The van der Waals surface area contributed by atoms with Gasteiger partial charge in [-0.1, -0.05) is 11.6 Å². The highest BCUT2D eigenvalue weighted by Gasteiger charge is 2.20. The van der Waals surface area contributed by atoms with Crippen LogP contribution in [0.15, 0.2) is 20.6 Å². The largest absolute Gasteiger partial charge is 0.309 e. The van der Waals surface area contributed by atoms with E-state index in [1.54, 1.807) is 22.7 Å². The first-order chi connectivity index (χ1) is 7.65. The molecule has 0 aromatic carbocycles. The molecule has 0 aliphatic carbocycles. The quantitative estimate of drug-likeness (QED) is 0.845. The van der Waals surface area contributed by atoms with Crippen LogP contribution in [0.3, 0.4) is 0 Å². The molecule has 0 amide bonds. The number of hydrogen-bond acceptors (Lipinski definition) is 3. The second kappa shape index (κ2) is 5.19. The third-order valence-corrected chi connectivity index (χ3v) is 5.96. The molecular formula is C11H11BrClNS2. The molecule has 86 valence electrons. The smallest absolute Gasteiger partial charge is 0.0703 e. The Bertz CT molecular complexity index is 492. The van der Waals surface area contributed by atoms with Gasteiger partial charge in [0, 0.05) is 14.7 Å². The summed E-state index contributed by atoms with van der Waals surface area (Å²) < 4.78 is 1.14. The third kappa shape index (κ3) is 2.22. The lowest BCUT2D eigenvalue weighted by Crippen LogP contribution is -2.16. The van der Waals surface area contributed by atoms with Gasteiger partial charge in [-0.25, -0.2) is 0 Å². The molecule has 0 aliphatic heterocycles. The van der Waals surface area contributed by atoms with Crippen LogP contribution < -0.4 is 5.32 Å². The molecule has 1 N–H and O–H groups in total. The summed E-state index contributed by atoms with van der Waals surface area (Å²) in [6.45, 7) is 2.04. The maximum Gasteiger partial charge on any atom is 0.0703 e. The molecule has 0 bridgehead atoms. The molecule has 16 heavy (non-hydrogen) atoms.